The lowest BCUT2D eigenvalue weighted by Gasteiger charge is -2.37. The van der Waals surface area contributed by atoms with Crippen LogP contribution in [-0.4, -0.2) is 62.0 Å². The van der Waals surface area contributed by atoms with Gasteiger partial charge in [0.15, 0.2) is 0 Å². The van der Waals surface area contributed by atoms with Crippen LogP contribution in [0, 0.1) is 5.92 Å². The molecule has 6 nitrogen and oxygen atoms in total. The van der Waals surface area contributed by atoms with Crippen molar-refractivity contribution in [2.45, 2.75) is 50.5 Å². The number of likely N-dealkylation sites (N-methyl/N-ethyl adjacent to an activating group) is 1. The van der Waals surface area contributed by atoms with Gasteiger partial charge in [-0.3, -0.25) is 4.79 Å². The quantitative estimate of drug-likeness (QED) is 0.660. The number of hydrogen-bond donors (Lipinski definition) is 0. The Morgan fingerprint density at radius 2 is 1.93 bits per heavy atom. The summed E-state index contributed by atoms with van der Waals surface area (Å²) in [5.41, 5.74) is 0.988. The molecule has 0 aromatic heterocycles. The Balaban J connectivity index is 0.00000256. The number of ether oxygens (including phenoxy) is 2. The van der Waals surface area contributed by atoms with Crippen LogP contribution in [0.3, 0.4) is 0 Å². The molecule has 0 radical (unpaired) electrons. The number of piperidine rings is 1. The topological polar surface area (TPSA) is 59.1 Å². The van der Waals surface area contributed by atoms with Crippen molar-refractivity contribution >= 4 is 24.3 Å². The fraction of sp³-hybridized carbons (Fsp3) is 0.652. The highest BCUT2D eigenvalue weighted by molar-refractivity contribution is 5.95. The summed E-state index contributed by atoms with van der Waals surface area (Å²) in [6.07, 6.45) is 6.79. The molecular weight excluding hydrogens is 404 g/mol. The lowest BCUT2D eigenvalue weighted by molar-refractivity contribution is -0.137. The standard InChI is InChI=1S/C23H32N2O4.ClH/c1-24(14-15-25-12-4-3-5-13-25)21(26)17-8-10-23(11-9-17)20-7-6-18(28-2)16-19(20)22(27)29-23;/h6-7,16-17H,3-5,8-15H2,1-2H3;1H/t17-,23-;. The number of methoxy groups -OCH3 is 1. The van der Waals surface area contributed by atoms with E-state index in [2.05, 4.69) is 4.90 Å². The first kappa shape index (κ1) is 22.9. The van der Waals surface area contributed by atoms with Crippen molar-refractivity contribution in [1.29, 1.82) is 0 Å². The maximum atomic E-state index is 13.0. The Bertz CT molecular complexity index is 770. The summed E-state index contributed by atoms with van der Waals surface area (Å²) in [6.45, 7) is 4.07. The van der Waals surface area contributed by atoms with Gasteiger partial charge in [0.2, 0.25) is 5.91 Å². The zero-order valence-electron chi connectivity index (χ0n) is 18.0. The number of hydrogen-bond acceptors (Lipinski definition) is 5. The Labute approximate surface area is 185 Å². The summed E-state index contributed by atoms with van der Waals surface area (Å²) in [4.78, 5) is 29.7. The third-order valence-corrected chi connectivity index (χ3v) is 6.94. The molecule has 1 spiro atoms. The van der Waals surface area contributed by atoms with E-state index in [-0.39, 0.29) is 30.2 Å². The number of carbonyl (C=O) groups excluding carboxylic acids is 2. The van der Waals surface area contributed by atoms with E-state index in [1.165, 1.54) is 19.3 Å². The Morgan fingerprint density at radius 3 is 2.60 bits per heavy atom. The molecule has 166 valence electrons. The normalized spacial score (nSPS) is 25.9. The smallest absolute Gasteiger partial charge is 0.339 e. The predicted molar refractivity (Wildman–Crippen MR) is 117 cm³/mol. The van der Waals surface area contributed by atoms with Crippen LogP contribution in [-0.2, 0) is 15.1 Å². The lowest BCUT2D eigenvalue weighted by atomic mass is 9.74. The minimum atomic E-state index is -0.568. The molecule has 1 aromatic carbocycles. The second-order valence-corrected chi connectivity index (χ2v) is 8.73. The van der Waals surface area contributed by atoms with E-state index in [9.17, 15) is 9.59 Å². The highest BCUT2D eigenvalue weighted by Gasteiger charge is 2.48. The van der Waals surface area contributed by atoms with Crippen LogP contribution in [0.5, 0.6) is 5.75 Å². The van der Waals surface area contributed by atoms with Crippen molar-refractivity contribution in [3.8, 4) is 5.75 Å². The average molecular weight is 437 g/mol. The second kappa shape index (κ2) is 9.56. The van der Waals surface area contributed by atoms with E-state index in [1.807, 2.05) is 24.1 Å². The van der Waals surface area contributed by atoms with Crippen LogP contribution in [0.2, 0.25) is 0 Å². The first-order valence-electron chi connectivity index (χ1n) is 10.9. The third-order valence-electron chi connectivity index (χ3n) is 6.94. The highest BCUT2D eigenvalue weighted by atomic mass is 35.5. The molecule has 0 unspecified atom stereocenters. The summed E-state index contributed by atoms with van der Waals surface area (Å²) in [7, 11) is 3.52. The molecule has 0 N–H and O–H groups in total. The number of amides is 1. The predicted octanol–water partition coefficient (Wildman–Crippen LogP) is 3.62. The van der Waals surface area contributed by atoms with Gasteiger partial charge in [-0.2, -0.15) is 0 Å². The average Bonchev–Trinajstić information content (AvgIpc) is 3.03. The molecule has 0 atom stereocenters. The van der Waals surface area contributed by atoms with Gasteiger partial charge in [-0.15, -0.1) is 12.4 Å². The highest BCUT2D eigenvalue weighted by Crippen LogP contribution is 2.48. The Kier molecular flexibility index (Phi) is 7.30. The minimum Gasteiger partial charge on any atom is -0.497 e. The maximum absolute atomic E-state index is 13.0. The monoisotopic (exact) mass is 436 g/mol. The first-order valence-corrected chi connectivity index (χ1v) is 10.9. The van der Waals surface area contributed by atoms with Crippen LogP contribution >= 0.6 is 12.4 Å². The molecule has 2 heterocycles. The lowest BCUT2D eigenvalue weighted by Crippen LogP contribution is -2.43. The van der Waals surface area contributed by atoms with Crippen LogP contribution in [0.15, 0.2) is 18.2 Å². The summed E-state index contributed by atoms with van der Waals surface area (Å²) >= 11 is 0. The van der Waals surface area contributed by atoms with Gasteiger partial charge < -0.3 is 19.3 Å². The number of nitrogens with zero attached hydrogens (tertiary/aromatic N) is 2. The number of fused-ring (bicyclic) bond motifs is 2. The molecule has 4 rings (SSSR count). The van der Waals surface area contributed by atoms with Gasteiger partial charge in [-0.25, -0.2) is 4.79 Å². The molecule has 30 heavy (non-hydrogen) atoms. The molecule has 1 saturated heterocycles. The molecule has 1 saturated carbocycles. The van der Waals surface area contributed by atoms with Crippen molar-refractivity contribution in [3.63, 3.8) is 0 Å². The maximum Gasteiger partial charge on any atom is 0.339 e. The SMILES string of the molecule is COc1ccc2c(c1)C(=O)O[C@]21CC[C@H](C(=O)N(C)CCN2CCCCC2)CC1.Cl. The largest absolute Gasteiger partial charge is 0.497 e. The molecule has 1 aliphatic carbocycles. The molecular formula is C23H33ClN2O4. The number of rotatable bonds is 5. The number of halogens is 1. The number of carbonyl (C=O) groups is 2. The summed E-state index contributed by atoms with van der Waals surface area (Å²) in [5, 5.41) is 0. The Hall–Kier alpha value is -1.79. The molecule has 1 aromatic rings. The number of likely N-dealkylation sites (tertiary alicyclic amines) is 1. The van der Waals surface area contributed by atoms with Crippen molar-refractivity contribution < 1.29 is 19.1 Å². The summed E-state index contributed by atoms with van der Waals surface area (Å²) in [5.74, 6) is 0.642. The van der Waals surface area contributed by atoms with Gasteiger partial charge >= 0.3 is 5.97 Å². The fourth-order valence-electron chi connectivity index (χ4n) is 5.10. The van der Waals surface area contributed by atoms with Crippen molar-refractivity contribution in [2.75, 3.05) is 40.3 Å². The third kappa shape index (κ3) is 4.45. The zero-order chi connectivity index (χ0) is 20.4. The van der Waals surface area contributed by atoms with Crippen LogP contribution in [0.25, 0.3) is 0 Å². The van der Waals surface area contributed by atoms with E-state index >= 15 is 0 Å². The van der Waals surface area contributed by atoms with Gasteiger partial charge in [0, 0.05) is 31.6 Å². The van der Waals surface area contributed by atoms with Gasteiger partial charge in [0.1, 0.15) is 11.4 Å². The second-order valence-electron chi connectivity index (χ2n) is 8.73. The van der Waals surface area contributed by atoms with Crippen molar-refractivity contribution in [2.24, 2.45) is 5.92 Å². The molecule has 2 fully saturated rings. The summed E-state index contributed by atoms with van der Waals surface area (Å²) in [6, 6.07) is 5.60. The molecule has 2 aliphatic heterocycles. The van der Waals surface area contributed by atoms with Gasteiger partial charge in [0.25, 0.3) is 0 Å². The molecule has 3 aliphatic rings. The first-order chi connectivity index (χ1) is 14.0. The van der Waals surface area contributed by atoms with Gasteiger partial charge in [0.05, 0.1) is 12.7 Å². The fourth-order valence-corrected chi connectivity index (χ4v) is 5.10. The van der Waals surface area contributed by atoms with Crippen LogP contribution in [0.1, 0.15) is 60.9 Å². The van der Waals surface area contributed by atoms with Crippen molar-refractivity contribution in [3.05, 3.63) is 29.3 Å². The van der Waals surface area contributed by atoms with E-state index in [1.54, 1.807) is 13.2 Å². The van der Waals surface area contributed by atoms with E-state index in [0.717, 1.165) is 44.6 Å². The van der Waals surface area contributed by atoms with E-state index < -0.39 is 5.60 Å². The minimum absolute atomic E-state index is 0. The van der Waals surface area contributed by atoms with Crippen molar-refractivity contribution in [1.82, 2.24) is 9.80 Å². The Morgan fingerprint density at radius 1 is 1.23 bits per heavy atom. The van der Waals surface area contributed by atoms with E-state index in [0.29, 0.717) is 24.2 Å². The van der Waals surface area contributed by atoms with E-state index in [4.69, 9.17) is 9.47 Å². The van der Waals surface area contributed by atoms with Crippen LogP contribution < -0.4 is 4.74 Å². The number of benzene rings is 1. The van der Waals surface area contributed by atoms with Crippen LogP contribution in [0.4, 0.5) is 0 Å². The molecule has 0 bridgehead atoms. The van der Waals surface area contributed by atoms with Gasteiger partial charge in [-0.05, 0) is 63.7 Å². The number of esters is 1. The molecule has 1 amide bonds. The van der Waals surface area contributed by atoms with Gasteiger partial charge in [-0.1, -0.05) is 12.5 Å². The summed E-state index contributed by atoms with van der Waals surface area (Å²) < 4.78 is 11.1. The zero-order valence-corrected chi connectivity index (χ0v) is 18.8. The molecule has 7 heteroatoms.